The Morgan fingerprint density at radius 2 is 1.74 bits per heavy atom. The van der Waals surface area contributed by atoms with E-state index >= 15 is 0 Å². The summed E-state index contributed by atoms with van der Waals surface area (Å²) < 4.78 is 5.16. The third kappa shape index (κ3) is 7.87. The number of carbonyl (C=O) groups is 1. The van der Waals surface area contributed by atoms with Gasteiger partial charge in [0.25, 0.3) is 0 Å². The fraction of sp³-hybridized carbons (Fsp3) is 0.154. The Hall–Kier alpha value is -2.87. The summed E-state index contributed by atoms with van der Waals surface area (Å²) in [5.41, 5.74) is 2.93. The molecule has 1 amide bonds. The Bertz CT molecular complexity index is 1150. The molecule has 8 heteroatoms. The zero-order valence-electron chi connectivity index (χ0n) is 18.4. The summed E-state index contributed by atoms with van der Waals surface area (Å²) in [6, 6.07) is 25.7. The number of carbonyl (C=O) groups excluding carboxylic acids is 1. The molecule has 0 bridgehead atoms. The SMILES string of the molecule is O=C(Nc1ccc(SC(CCc2ccc(Cl)cc2)Cn2ccnc2)cc1)SNc1ccccc1. The Morgan fingerprint density at radius 1 is 0.971 bits per heavy atom. The van der Waals surface area contributed by atoms with Crippen LogP contribution in [0.1, 0.15) is 12.0 Å². The van der Waals surface area contributed by atoms with E-state index in [-0.39, 0.29) is 5.24 Å². The normalized spacial score (nSPS) is 11.7. The van der Waals surface area contributed by atoms with Gasteiger partial charge in [0.2, 0.25) is 0 Å². The Balaban J connectivity index is 1.32. The average molecular weight is 509 g/mol. The van der Waals surface area contributed by atoms with Crippen molar-refractivity contribution in [2.24, 2.45) is 0 Å². The molecule has 1 heterocycles. The number of hydrogen-bond donors (Lipinski definition) is 2. The quantitative estimate of drug-likeness (QED) is 0.170. The fourth-order valence-electron chi connectivity index (χ4n) is 3.36. The number of nitrogens with zero attached hydrogens (tertiary/aromatic N) is 2. The van der Waals surface area contributed by atoms with Crippen LogP contribution in [0.15, 0.2) is 102 Å². The maximum Gasteiger partial charge on any atom is 0.303 e. The average Bonchev–Trinajstić information content (AvgIpc) is 3.37. The van der Waals surface area contributed by atoms with Crippen molar-refractivity contribution in [2.75, 3.05) is 10.0 Å². The minimum atomic E-state index is -0.162. The highest BCUT2D eigenvalue weighted by Gasteiger charge is 2.13. The first-order valence-electron chi connectivity index (χ1n) is 10.9. The fourth-order valence-corrected chi connectivity index (χ4v) is 5.16. The van der Waals surface area contributed by atoms with Crippen LogP contribution < -0.4 is 10.0 Å². The molecule has 0 aliphatic carbocycles. The first kappa shape index (κ1) is 24.3. The van der Waals surface area contributed by atoms with E-state index in [2.05, 4.69) is 43.9 Å². The molecule has 3 aromatic carbocycles. The van der Waals surface area contributed by atoms with Gasteiger partial charge in [0.05, 0.1) is 6.33 Å². The van der Waals surface area contributed by atoms with E-state index in [1.807, 2.05) is 85.1 Å². The molecular formula is C26H25ClN4OS2. The van der Waals surface area contributed by atoms with Gasteiger partial charge in [0.15, 0.2) is 0 Å². The van der Waals surface area contributed by atoms with E-state index in [9.17, 15) is 4.79 Å². The molecule has 0 fully saturated rings. The molecule has 5 nitrogen and oxygen atoms in total. The summed E-state index contributed by atoms with van der Waals surface area (Å²) in [5.74, 6) is 0. The van der Waals surface area contributed by atoms with Crippen LogP contribution >= 0.6 is 35.3 Å². The summed E-state index contributed by atoms with van der Waals surface area (Å²) in [4.78, 5) is 17.6. The number of aryl methyl sites for hydroxylation is 1. The standard InChI is InChI=1S/C26H25ClN4OS2/c27-21-9-6-20(7-10-21)8-13-25(18-31-17-16-28-19-31)33-24-14-11-22(12-15-24)29-26(32)34-30-23-4-2-1-3-5-23/h1-7,9-12,14-17,19,25,30H,8,13,18H2,(H,29,32). The van der Waals surface area contributed by atoms with Crippen molar-refractivity contribution in [1.29, 1.82) is 0 Å². The maximum absolute atomic E-state index is 12.2. The predicted molar refractivity (Wildman–Crippen MR) is 145 cm³/mol. The summed E-state index contributed by atoms with van der Waals surface area (Å²) in [7, 11) is 0. The molecule has 0 aliphatic heterocycles. The van der Waals surface area contributed by atoms with Crippen LogP contribution in [0.2, 0.25) is 5.02 Å². The number of benzene rings is 3. The lowest BCUT2D eigenvalue weighted by Crippen LogP contribution is -2.13. The smallest absolute Gasteiger partial charge is 0.303 e. The van der Waals surface area contributed by atoms with Crippen molar-refractivity contribution in [2.45, 2.75) is 29.5 Å². The van der Waals surface area contributed by atoms with Crippen molar-refractivity contribution < 1.29 is 4.79 Å². The van der Waals surface area contributed by atoms with Gasteiger partial charge < -0.3 is 14.6 Å². The number of aromatic nitrogens is 2. The minimum Gasteiger partial charge on any atom is -0.336 e. The Labute approximate surface area is 213 Å². The van der Waals surface area contributed by atoms with Gasteiger partial charge in [-0.05, 0) is 66.9 Å². The van der Waals surface area contributed by atoms with Crippen molar-refractivity contribution >= 4 is 51.9 Å². The van der Waals surface area contributed by atoms with E-state index in [1.165, 1.54) is 5.56 Å². The van der Waals surface area contributed by atoms with Gasteiger partial charge in [-0.1, -0.05) is 41.9 Å². The molecule has 4 aromatic rings. The Morgan fingerprint density at radius 3 is 2.44 bits per heavy atom. The monoisotopic (exact) mass is 508 g/mol. The Kier molecular flexibility index (Phi) is 8.96. The van der Waals surface area contributed by atoms with Crippen LogP contribution in [0, 0.1) is 0 Å². The third-order valence-corrected chi connectivity index (χ3v) is 7.22. The molecule has 2 N–H and O–H groups in total. The van der Waals surface area contributed by atoms with Crippen LogP contribution in [0.4, 0.5) is 16.2 Å². The molecule has 4 rings (SSSR count). The van der Waals surface area contributed by atoms with E-state index < -0.39 is 0 Å². The molecule has 1 unspecified atom stereocenters. The van der Waals surface area contributed by atoms with Crippen LogP contribution in [-0.4, -0.2) is 20.0 Å². The van der Waals surface area contributed by atoms with Crippen molar-refractivity contribution in [3.8, 4) is 0 Å². The summed E-state index contributed by atoms with van der Waals surface area (Å²) >= 11 is 8.88. The van der Waals surface area contributed by atoms with Crippen LogP contribution in [0.3, 0.4) is 0 Å². The number of nitrogens with one attached hydrogen (secondary N) is 2. The largest absolute Gasteiger partial charge is 0.336 e. The van der Waals surface area contributed by atoms with Gasteiger partial charge in [-0.25, -0.2) is 4.98 Å². The van der Waals surface area contributed by atoms with Crippen LogP contribution in [0.5, 0.6) is 0 Å². The minimum absolute atomic E-state index is 0.162. The summed E-state index contributed by atoms with van der Waals surface area (Å²) in [6.45, 7) is 0.874. The lowest BCUT2D eigenvalue weighted by Gasteiger charge is -2.18. The third-order valence-electron chi connectivity index (χ3n) is 5.08. The van der Waals surface area contributed by atoms with Gasteiger partial charge >= 0.3 is 5.24 Å². The van der Waals surface area contributed by atoms with Crippen molar-refractivity contribution in [3.63, 3.8) is 0 Å². The molecule has 0 saturated heterocycles. The molecule has 0 aliphatic rings. The summed E-state index contributed by atoms with van der Waals surface area (Å²) in [6.07, 6.45) is 7.66. The van der Waals surface area contributed by atoms with Crippen molar-refractivity contribution in [3.05, 3.63) is 108 Å². The van der Waals surface area contributed by atoms with Gasteiger partial charge in [-0.2, -0.15) is 0 Å². The maximum atomic E-state index is 12.2. The van der Waals surface area contributed by atoms with Gasteiger partial charge in [0.1, 0.15) is 0 Å². The molecule has 0 saturated carbocycles. The number of rotatable bonds is 10. The van der Waals surface area contributed by atoms with Crippen LogP contribution in [0.25, 0.3) is 0 Å². The number of para-hydroxylation sites is 1. The number of anilines is 2. The number of halogens is 1. The molecule has 0 radical (unpaired) electrons. The number of hydrogen-bond acceptors (Lipinski definition) is 5. The zero-order chi connectivity index (χ0) is 23.6. The second-order valence-corrected chi connectivity index (χ2v) is 10.3. The lowest BCUT2D eigenvalue weighted by molar-refractivity contribution is 0.270. The van der Waals surface area contributed by atoms with E-state index in [0.717, 1.165) is 52.6 Å². The van der Waals surface area contributed by atoms with E-state index in [4.69, 9.17) is 11.6 Å². The highest BCUT2D eigenvalue weighted by atomic mass is 35.5. The van der Waals surface area contributed by atoms with Gasteiger partial charge in [-0.3, -0.25) is 4.79 Å². The molecule has 1 aromatic heterocycles. The molecule has 0 spiro atoms. The van der Waals surface area contributed by atoms with Crippen LogP contribution in [-0.2, 0) is 13.0 Å². The summed E-state index contributed by atoms with van der Waals surface area (Å²) in [5, 5.41) is 3.88. The number of thioether (sulfide) groups is 1. The molecule has 1 atom stereocenters. The second kappa shape index (κ2) is 12.6. The number of imidazole rings is 1. The predicted octanol–water partition coefficient (Wildman–Crippen LogP) is 7.62. The highest BCUT2D eigenvalue weighted by Crippen LogP contribution is 2.29. The lowest BCUT2D eigenvalue weighted by atomic mass is 10.1. The van der Waals surface area contributed by atoms with E-state index in [1.54, 1.807) is 0 Å². The molecule has 34 heavy (non-hydrogen) atoms. The first-order chi connectivity index (χ1) is 16.6. The molecular weight excluding hydrogens is 484 g/mol. The number of amides is 1. The topological polar surface area (TPSA) is 59.0 Å². The van der Waals surface area contributed by atoms with Gasteiger partial charge in [-0.15, -0.1) is 11.8 Å². The first-order valence-corrected chi connectivity index (χ1v) is 13.0. The van der Waals surface area contributed by atoms with Crippen molar-refractivity contribution in [1.82, 2.24) is 9.55 Å². The zero-order valence-corrected chi connectivity index (χ0v) is 20.8. The highest BCUT2D eigenvalue weighted by molar-refractivity contribution is 8.15. The van der Waals surface area contributed by atoms with Gasteiger partial charge in [0, 0.05) is 57.4 Å². The second-order valence-electron chi connectivity index (χ2n) is 7.67. The van der Waals surface area contributed by atoms with E-state index in [0.29, 0.717) is 5.25 Å². The molecule has 174 valence electrons.